The Hall–Kier alpha value is -0.740. The van der Waals surface area contributed by atoms with E-state index in [1.165, 1.54) is 32.1 Å². The second-order valence-corrected chi connectivity index (χ2v) is 6.63. The van der Waals surface area contributed by atoms with E-state index in [1.54, 1.807) is 14.2 Å². The summed E-state index contributed by atoms with van der Waals surface area (Å²) < 4.78 is 11.5. The molecule has 1 fully saturated rings. The molecule has 0 bridgehead atoms. The Morgan fingerprint density at radius 1 is 1.00 bits per heavy atom. The Morgan fingerprint density at radius 3 is 2.10 bits per heavy atom. The summed E-state index contributed by atoms with van der Waals surface area (Å²) in [5.41, 5.74) is 0.901. The first-order chi connectivity index (χ1) is 10.2. The molecule has 4 heteroatoms. The van der Waals surface area contributed by atoms with Crippen molar-refractivity contribution in [3.8, 4) is 11.5 Å². The van der Waals surface area contributed by atoms with E-state index in [1.807, 2.05) is 12.1 Å². The summed E-state index contributed by atoms with van der Waals surface area (Å²) in [4.78, 5) is 0. The van der Waals surface area contributed by atoms with Gasteiger partial charge in [-0.3, -0.25) is 0 Å². The first-order valence-corrected chi connectivity index (χ1v) is 8.56. The fourth-order valence-electron chi connectivity index (χ4n) is 3.15. The van der Waals surface area contributed by atoms with Gasteiger partial charge in [0.25, 0.3) is 0 Å². The highest BCUT2D eigenvalue weighted by Crippen LogP contribution is 2.40. The molecule has 0 spiro atoms. The van der Waals surface area contributed by atoms with E-state index in [9.17, 15) is 5.11 Å². The Kier molecular flexibility index (Phi) is 6.37. The van der Waals surface area contributed by atoms with Crippen molar-refractivity contribution in [3.63, 3.8) is 0 Å². The largest absolute Gasteiger partial charge is 0.493 e. The molecule has 21 heavy (non-hydrogen) atoms. The highest BCUT2D eigenvalue weighted by molar-refractivity contribution is 9.10. The number of benzene rings is 1. The number of rotatable bonds is 4. The molecule has 0 aliphatic heterocycles. The topological polar surface area (TPSA) is 38.7 Å². The third kappa shape index (κ3) is 4.13. The lowest BCUT2D eigenvalue weighted by Gasteiger charge is -2.26. The number of hydrogen-bond donors (Lipinski definition) is 1. The van der Waals surface area contributed by atoms with Crippen LogP contribution in [0.15, 0.2) is 16.6 Å². The molecule has 1 saturated carbocycles. The van der Waals surface area contributed by atoms with Crippen LogP contribution in [-0.4, -0.2) is 19.3 Å². The van der Waals surface area contributed by atoms with Crippen molar-refractivity contribution in [1.82, 2.24) is 0 Å². The molecular formula is C17H25BrO3. The molecule has 1 aromatic carbocycles. The van der Waals surface area contributed by atoms with Crippen LogP contribution in [0, 0.1) is 5.92 Å². The lowest BCUT2D eigenvalue weighted by atomic mass is 9.84. The molecule has 1 aromatic rings. The summed E-state index contributed by atoms with van der Waals surface area (Å²) in [6.07, 6.45) is 8.09. The van der Waals surface area contributed by atoms with Gasteiger partial charge in [-0.25, -0.2) is 0 Å². The van der Waals surface area contributed by atoms with Crippen LogP contribution in [0.1, 0.15) is 56.6 Å². The van der Waals surface area contributed by atoms with Gasteiger partial charge in [0.1, 0.15) is 0 Å². The number of aliphatic hydroxyl groups excluding tert-OH is 1. The third-order valence-corrected chi connectivity index (χ3v) is 5.10. The van der Waals surface area contributed by atoms with Crippen LogP contribution in [0.4, 0.5) is 0 Å². The van der Waals surface area contributed by atoms with E-state index >= 15 is 0 Å². The minimum Gasteiger partial charge on any atom is -0.493 e. The smallest absolute Gasteiger partial charge is 0.161 e. The minimum absolute atomic E-state index is 0.333. The van der Waals surface area contributed by atoms with E-state index in [-0.39, 0.29) is 0 Å². The summed E-state index contributed by atoms with van der Waals surface area (Å²) in [6, 6.07) is 3.77. The molecule has 1 aliphatic rings. The summed E-state index contributed by atoms with van der Waals surface area (Å²) in [7, 11) is 3.24. The maximum atomic E-state index is 10.8. The van der Waals surface area contributed by atoms with E-state index in [4.69, 9.17) is 9.47 Å². The summed E-state index contributed by atoms with van der Waals surface area (Å²) >= 11 is 3.56. The Morgan fingerprint density at radius 2 is 1.52 bits per heavy atom. The second kappa shape index (κ2) is 8.04. The van der Waals surface area contributed by atoms with Gasteiger partial charge in [-0.05, 0) is 36.5 Å². The van der Waals surface area contributed by atoms with E-state index in [0.29, 0.717) is 17.4 Å². The zero-order valence-electron chi connectivity index (χ0n) is 12.9. The van der Waals surface area contributed by atoms with Crippen molar-refractivity contribution in [2.24, 2.45) is 5.92 Å². The minimum atomic E-state index is -0.447. The van der Waals surface area contributed by atoms with Crippen LogP contribution in [-0.2, 0) is 0 Å². The molecule has 1 N–H and O–H groups in total. The standard InChI is InChI=1S/C17H25BrO3/c1-20-15-10-13(14(18)11-16(15)21-2)17(19)12-8-6-4-3-5-7-9-12/h10-12,17,19H,3-9H2,1-2H3. The molecule has 2 rings (SSSR count). The number of ether oxygens (including phenoxy) is 2. The van der Waals surface area contributed by atoms with Crippen LogP contribution in [0.2, 0.25) is 0 Å². The average molecular weight is 357 g/mol. The number of halogens is 1. The van der Waals surface area contributed by atoms with Gasteiger partial charge in [0.15, 0.2) is 11.5 Å². The van der Waals surface area contributed by atoms with E-state index < -0.39 is 6.10 Å². The normalized spacial score (nSPS) is 18.7. The Balaban J connectivity index is 2.22. The third-order valence-electron chi connectivity index (χ3n) is 4.42. The van der Waals surface area contributed by atoms with Gasteiger partial charge < -0.3 is 14.6 Å². The van der Waals surface area contributed by atoms with Gasteiger partial charge in [-0.15, -0.1) is 0 Å². The molecule has 0 amide bonds. The van der Waals surface area contributed by atoms with Gasteiger partial charge in [-0.1, -0.05) is 48.0 Å². The highest BCUT2D eigenvalue weighted by atomic mass is 79.9. The summed E-state index contributed by atoms with van der Waals surface area (Å²) in [5, 5.41) is 10.8. The first-order valence-electron chi connectivity index (χ1n) is 7.77. The average Bonchev–Trinajstić information content (AvgIpc) is 2.46. The fourth-order valence-corrected chi connectivity index (χ4v) is 3.71. The molecule has 0 heterocycles. The molecule has 3 nitrogen and oxygen atoms in total. The van der Waals surface area contributed by atoms with Crippen LogP contribution in [0.5, 0.6) is 11.5 Å². The molecule has 1 aliphatic carbocycles. The second-order valence-electron chi connectivity index (χ2n) is 5.78. The fraction of sp³-hybridized carbons (Fsp3) is 0.647. The maximum absolute atomic E-state index is 10.8. The van der Waals surface area contributed by atoms with Crippen molar-refractivity contribution in [1.29, 1.82) is 0 Å². The molecule has 1 atom stereocenters. The highest BCUT2D eigenvalue weighted by Gasteiger charge is 2.24. The lowest BCUT2D eigenvalue weighted by molar-refractivity contribution is 0.0903. The van der Waals surface area contributed by atoms with Crippen molar-refractivity contribution in [2.45, 2.75) is 51.0 Å². The Labute approximate surface area is 135 Å². The van der Waals surface area contributed by atoms with E-state index in [0.717, 1.165) is 22.9 Å². The molecule has 0 aromatic heterocycles. The predicted octanol–water partition coefficient (Wildman–Crippen LogP) is 4.86. The zero-order chi connectivity index (χ0) is 15.2. The van der Waals surface area contributed by atoms with Crippen molar-refractivity contribution in [3.05, 3.63) is 22.2 Å². The van der Waals surface area contributed by atoms with Crippen LogP contribution < -0.4 is 9.47 Å². The molecule has 118 valence electrons. The van der Waals surface area contributed by atoms with Gasteiger partial charge in [0, 0.05) is 4.47 Å². The molecule has 0 radical (unpaired) electrons. The zero-order valence-corrected chi connectivity index (χ0v) is 14.5. The Bertz CT molecular complexity index is 454. The first kappa shape index (κ1) is 16.6. The molecule has 1 unspecified atom stereocenters. The quantitative estimate of drug-likeness (QED) is 0.836. The number of hydrogen-bond acceptors (Lipinski definition) is 3. The summed E-state index contributed by atoms with van der Waals surface area (Å²) in [5.74, 6) is 1.68. The van der Waals surface area contributed by atoms with Gasteiger partial charge in [-0.2, -0.15) is 0 Å². The van der Waals surface area contributed by atoms with Gasteiger partial charge >= 0.3 is 0 Å². The van der Waals surface area contributed by atoms with E-state index in [2.05, 4.69) is 15.9 Å². The van der Waals surface area contributed by atoms with Crippen LogP contribution in [0.3, 0.4) is 0 Å². The van der Waals surface area contributed by atoms with Gasteiger partial charge in [0.05, 0.1) is 20.3 Å². The molecular weight excluding hydrogens is 332 g/mol. The maximum Gasteiger partial charge on any atom is 0.161 e. The van der Waals surface area contributed by atoms with Crippen molar-refractivity contribution < 1.29 is 14.6 Å². The monoisotopic (exact) mass is 356 g/mol. The predicted molar refractivity (Wildman–Crippen MR) is 88.0 cm³/mol. The summed E-state index contributed by atoms with van der Waals surface area (Å²) in [6.45, 7) is 0. The lowest BCUT2D eigenvalue weighted by Crippen LogP contribution is -2.15. The number of aliphatic hydroxyl groups is 1. The molecule has 0 saturated heterocycles. The van der Waals surface area contributed by atoms with Crippen molar-refractivity contribution >= 4 is 15.9 Å². The SMILES string of the molecule is COc1cc(Br)c(C(O)C2CCCCCCC2)cc1OC. The van der Waals surface area contributed by atoms with Crippen LogP contribution in [0.25, 0.3) is 0 Å². The van der Waals surface area contributed by atoms with Crippen molar-refractivity contribution in [2.75, 3.05) is 14.2 Å². The van der Waals surface area contributed by atoms with Gasteiger partial charge in [0.2, 0.25) is 0 Å². The number of methoxy groups -OCH3 is 2. The van der Waals surface area contributed by atoms with Crippen LogP contribution >= 0.6 is 15.9 Å².